The van der Waals surface area contributed by atoms with E-state index in [4.69, 9.17) is 4.74 Å². The summed E-state index contributed by atoms with van der Waals surface area (Å²) in [6.45, 7) is 1.94. The third-order valence-electron chi connectivity index (χ3n) is 4.42. The molecular weight excluding hydrogens is 342 g/mol. The summed E-state index contributed by atoms with van der Waals surface area (Å²) in [5, 5.41) is 9.66. The largest absolute Gasteiger partial charge is 0.465 e. The first-order valence-electron chi connectivity index (χ1n) is 8.70. The number of ether oxygens (including phenoxy) is 1. The van der Waals surface area contributed by atoms with Gasteiger partial charge in [-0.1, -0.05) is 31.2 Å². The summed E-state index contributed by atoms with van der Waals surface area (Å²) in [5.41, 5.74) is 3.94. The van der Waals surface area contributed by atoms with E-state index in [9.17, 15) is 9.59 Å². The van der Waals surface area contributed by atoms with E-state index < -0.39 is 5.97 Å². The summed E-state index contributed by atoms with van der Waals surface area (Å²) in [5.74, 6) is -0.888. The highest BCUT2D eigenvalue weighted by atomic mass is 16.5. The number of carbonyl (C=O) groups excluding carboxylic acids is 2. The number of hydrogen-bond acceptors (Lipinski definition) is 4. The number of benzene rings is 2. The molecule has 0 bridgehead atoms. The van der Waals surface area contributed by atoms with E-state index in [1.807, 2.05) is 43.5 Å². The van der Waals surface area contributed by atoms with Crippen molar-refractivity contribution in [1.82, 2.24) is 10.2 Å². The lowest BCUT2D eigenvalue weighted by molar-refractivity contribution is -0.117. The van der Waals surface area contributed by atoms with Crippen molar-refractivity contribution >= 4 is 17.6 Å². The summed E-state index contributed by atoms with van der Waals surface area (Å²) >= 11 is 0. The number of anilines is 1. The number of aromatic nitrogens is 2. The van der Waals surface area contributed by atoms with Gasteiger partial charge in [-0.05, 0) is 41.8 Å². The molecule has 0 aliphatic rings. The molecule has 27 heavy (non-hydrogen) atoms. The Labute approximate surface area is 157 Å². The van der Waals surface area contributed by atoms with Gasteiger partial charge in [-0.2, -0.15) is 5.10 Å². The topological polar surface area (TPSA) is 84.1 Å². The molecule has 0 saturated heterocycles. The molecule has 0 radical (unpaired) electrons. The fourth-order valence-electron chi connectivity index (χ4n) is 2.96. The second kappa shape index (κ2) is 8.31. The second-order valence-corrected chi connectivity index (χ2v) is 6.13. The van der Waals surface area contributed by atoms with Crippen LogP contribution in [0.25, 0.3) is 11.1 Å². The van der Waals surface area contributed by atoms with Crippen molar-refractivity contribution in [3.8, 4) is 11.1 Å². The van der Waals surface area contributed by atoms with Gasteiger partial charge < -0.3 is 10.1 Å². The van der Waals surface area contributed by atoms with Crippen LogP contribution in [0.3, 0.4) is 0 Å². The minimum atomic E-state index is -0.415. The van der Waals surface area contributed by atoms with E-state index in [1.54, 1.807) is 24.4 Å². The van der Waals surface area contributed by atoms with Gasteiger partial charge in [0.2, 0.25) is 5.91 Å². The minimum absolute atomic E-state index is 0.115. The third-order valence-corrected chi connectivity index (χ3v) is 4.42. The molecule has 2 aromatic carbocycles. The predicted octanol–water partition coefficient (Wildman–Crippen LogP) is 4.00. The van der Waals surface area contributed by atoms with Crippen molar-refractivity contribution in [2.45, 2.75) is 19.3 Å². The molecular formula is C21H21N3O3. The fourth-order valence-corrected chi connectivity index (χ4v) is 2.96. The van der Waals surface area contributed by atoms with Gasteiger partial charge in [0.25, 0.3) is 0 Å². The van der Waals surface area contributed by atoms with Crippen LogP contribution < -0.4 is 5.32 Å². The summed E-state index contributed by atoms with van der Waals surface area (Å²) in [4.78, 5) is 24.5. The monoisotopic (exact) mass is 363 g/mol. The first-order valence-corrected chi connectivity index (χ1v) is 8.70. The van der Waals surface area contributed by atoms with Gasteiger partial charge in [0.1, 0.15) is 0 Å². The number of esters is 1. The van der Waals surface area contributed by atoms with Crippen molar-refractivity contribution in [3.63, 3.8) is 0 Å². The smallest absolute Gasteiger partial charge is 0.337 e. The normalized spacial score (nSPS) is 11.6. The first-order chi connectivity index (χ1) is 13.1. The van der Waals surface area contributed by atoms with Gasteiger partial charge in [-0.15, -0.1) is 0 Å². The number of nitrogens with one attached hydrogen (secondary N) is 2. The standard InChI is InChI=1S/C21H21N3O3/c1-3-19(15-5-4-6-16(11-15)21(26)27-2)20(25)24-18-9-7-14(8-10-18)17-12-22-23-13-17/h4-13,19H,3H2,1-2H3,(H,22,23)(H,24,25). The maximum atomic E-state index is 12.8. The third kappa shape index (κ3) is 4.23. The number of amides is 1. The van der Waals surface area contributed by atoms with E-state index in [0.717, 1.165) is 22.4 Å². The number of aromatic amines is 1. The fraction of sp³-hybridized carbons (Fsp3) is 0.190. The van der Waals surface area contributed by atoms with E-state index >= 15 is 0 Å². The van der Waals surface area contributed by atoms with Crippen molar-refractivity contribution in [3.05, 3.63) is 72.1 Å². The summed E-state index contributed by atoms with van der Waals surface area (Å²) in [6, 6.07) is 14.6. The van der Waals surface area contributed by atoms with E-state index in [0.29, 0.717) is 12.0 Å². The van der Waals surface area contributed by atoms with Crippen molar-refractivity contribution < 1.29 is 14.3 Å². The SMILES string of the molecule is CCC(C(=O)Nc1ccc(-c2cn[nH]c2)cc1)c1cccc(C(=O)OC)c1. The van der Waals surface area contributed by atoms with Gasteiger partial charge in [-0.3, -0.25) is 9.89 Å². The summed E-state index contributed by atoms with van der Waals surface area (Å²) in [7, 11) is 1.34. The Morgan fingerprint density at radius 1 is 1.15 bits per heavy atom. The molecule has 1 aromatic heterocycles. The van der Waals surface area contributed by atoms with Crippen LogP contribution >= 0.6 is 0 Å². The molecule has 6 nitrogen and oxygen atoms in total. The molecule has 0 fully saturated rings. The van der Waals surface area contributed by atoms with Crippen LogP contribution in [0.5, 0.6) is 0 Å². The Morgan fingerprint density at radius 2 is 1.93 bits per heavy atom. The van der Waals surface area contributed by atoms with Gasteiger partial charge in [-0.25, -0.2) is 4.79 Å². The molecule has 138 valence electrons. The van der Waals surface area contributed by atoms with Crippen LogP contribution in [-0.4, -0.2) is 29.2 Å². The molecule has 0 aliphatic carbocycles. The lowest BCUT2D eigenvalue weighted by atomic mass is 9.94. The molecule has 1 heterocycles. The Bertz CT molecular complexity index is 918. The Hall–Kier alpha value is -3.41. The van der Waals surface area contributed by atoms with Gasteiger partial charge in [0, 0.05) is 17.4 Å². The highest BCUT2D eigenvalue weighted by Gasteiger charge is 2.20. The quantitative estimate of drug-likeness (QED) is 0.649. The molecule has 3 aromatic rings. The number of carbonyl (C=O) groups is 2. The Balaban J connectivity index is 1.75. The zero-order chi connectivity index (χ0) is 19.2. The maximum Gasteiger partial charge on any atom is 0.337 e. The van der Waals surface area contributed by atoms with Gasteiger partial charge in [0.15, 0.2) is 0 Å². The molecule has 3 rings (SSSR count). The van der Waals surface area contributed by atoms with Crippen LogP contribution in [0.2, 0.25) is 0 Å². The molecule has 0 aliphatic heterocycles. The van der Waals surface area contributed by atoms with Crippen LogP contribution in [0.1, 0.15) is 35.2 Å². The summed E-state index contributed by atoms with van der Waals surface area (Å²) in [6.07, 6.45) is 4.17. The van der Waals surface area contributed by atoms with Crippen LogP contribution in [0, 0.1) is 0 Å². The van der Waals surface area contributed by atoms with E-state index in [1.165, 1.54) is 7.11 Å². The highest BCUT2D eigenvalue weighted by Crippen LogP contribution is 2.24. The molecule has 6 heteroatoms. The van der Waals surface area contributed by atoms with Crippen LogP contribution in [-0.2, 0) is 9.53 Å². The minimum Gasteiger partial charge on any atom is -0.465 e. The number of hydrogen-bond donors (Lipinski definition) is 2. The molecule has 1 amide bonds. The Morgan fingerprint density at radius 3 is 2.56 bits per heavy atom. The lowest BCUT2D eigenvalue weighted by Gasteiger charge is -2.16. The highest BCUT2D eigenvalue weighted by molar-refractivity contribution is 5.96. The summed E-state index contributed by atoms with van der Waals surface area (Å²) < 4.78 is 4.76. The predicted molar refractivity (Wildman–Crippen MR) is 103 cm³/mol. The first kappa shape index (κ1) is 18.4. The molecule has 1 atom stereocenters. The number of methoxy groups -OCH3 is 1. The lowest BCUT2D eigenvalue weighted by Crippen LogP contribution is -2.21. The Kier molecular flexibility index (Phi) is 5.66. The van der Waals surface area contributed by atoms with Crippen molar-refractivity contribution in [2.24, 2.45) is 0 Å². The van der Waals surface area contributed by atoms with Gasteiger partial charge >= 0.3 is 5.97 Å². The number of rotatable bonds is 6. The number of nitrogens with zero attached hydrogens (tertiary/aromatic N) is 1. The van der Waals surface area contributed by atoms with Crippen LogP contribution in [0.4, 0.5) is 5.69 Å². The average molecular weight is 363 g/mol. The van der Waals surface area contributed by atoms with Crippen molar-refractivity contribution in [1.29, 1.82) is 0 Å². The molecule has 0 spiro atoms. The zero-order valence-electron chi connectivity index (χ0n) is 15.2. The van der Waals surface area contributed by atoms with Crippen molar-refractivity contribution in [2.75, 3.05) is 12.4 Å². The number of H-pyrrole nitrogens is 1. The van der Waals surface area contributed by atoms with Crippen LogP contribution in [0.15, 0.2) is 60.9 Å². The maximum absolute atomic E-state index is 12.8. The molecule has 1 unspecified atom stereocenters. The van der Waals surface area contributed by atoms with E-state index in [-0.39, 0.29) is 11.8 Å². The second-order valence-electron chi connectivity index (χ2n) is 6.13. The average Bonchev–Trinajstić information content (AvgIpc) is 3.23. The zero-order valence-corrected chi connectivity index (χ0v) is 15.2. The molecule has 2 N–H and O–H groups in total. The molecule has 0 saturated carbocycles. The van der Waals surface area contributed by atoms with Gasteiger partial charge in [0.05, 0.1) is 24.8 Å². The van der Waals surface area contributed by atoms with E-state index in [2.05, 4.69) is 15.5 Å².